The van der Waals surface area contributed by atoms with E-state index in [0.717, 1.165) is 12.8 Å². The first-order valence-electron chi connectivity index (χ1n) is 24.5. The van der Waals surface area contributed by atoms with Crippen LogP contribution in [0.15, 0.2) is 0 Å². The maximum Gasteiger partial charge on any atom is -0.0533 e. The molecule has 0 aromatic rings. The van der Waals surface area contributed by atoms with Crippen molar-refractivity contribution in [2.75, 3.05) is 0 Å². The van der Waals surface area contributed by atoms with Crippen molar-refractivity contribution in [2.45, 2.75) is 308 Å². The zero-order chi connectivity index (χ0) is 35.9. The van der Waals surface area contributed by atoms with Crippen LogP contribution in [0, 0.1) is 13.8 Å². The average molecular weight is 701 g/mol. The Hall–Kier alpha value is 0. The van der Waals surface area contributed by atoms with Crippen molar-refractivity contribution < 1.29 is 0 Å². The fraction of sp³-hybridized carbons (Fsp3) is 0.960. The highest BCUT2D eigenvalue weighted by molar-refractivity contribution is 4.54. The summed E-state index contributed by atoms with van der Waals surface area (Å²) in [6.45, 7) is 7.87. The van der Waals surface area contributed by atoms with E-state index < -0.39 is 0 Å². The molecule has 50 heavy (non-hydrogen) atoms. The Kier molecular flexibility index (Phi) is 49.0. The van der Waals surface area contributed by atoms with Gasteiger partial charge in [-0.2, -0.15) is 0 Å². The molecule has 0 N–H and O–H groups in total. The van der Waals surface area contributed by atoms with Crippen LogP contribution < -0.4 is 0 Å². The quantitative estimate of drug-likeness (QED) is 0.0554. The summed E-state index contributed by atoms with van der Waals surface area (Å²) in [6.07, 6.45) is 70.1. The lowest BCUT2D eigenvalue weighted by molar-refractivity contribution is 0.508. The van der Waals surface area contributed by atoms with E-state index in [2.05, 4.69) is 13.8 Å². The maximum atomic E-state index is 3.94. The average Bonchev–Trinajstić information content (AvgIpc) is 3.13. The molecule has 0 aliphatic heterocycles. The molecule has 0 aliphatic carbocycles. The second kappa shape index (κ2) is 49.0. The van der Waals surface area contributed by atoms with Gasteiger partial charge in [-0.1, -0.05) is 322 Å². The van der Waals surface area contributed by atoms with Gasteiger partial charge in [0.15, 0.2) is 0 Å². The van der Waals surface area contributed by atoms with Crippen LogP contribution in [0.3, 0.4) is 0 Å². The zero-order valence-electron chi connectivity index (χ0n) is 35.4. The number of rotatable bonds is 47. The predicted octanol–water partition coefficient (Wildman–Crippen LogP) is 19.4. The Morgan fingerprint density at radius 2 is 0.160 bits per heavy atom. The molecule has 0 amide bonds. The molecule has 0 nitrogen and oxygen atoms in total. The van der Waals surface area contributed by atoms with Gasteiger partial charge in [0.05, 0.1) is 0 Å². The number of unbranched alkanes of at least 4 members (excludes halogenated alkanes) is 47. The molecule has 2 radical (unpaired) electrons. The van der Waals surface area contributed by atoms with Crippen LogP contribution in [0.1, 0.15) is 308 Å². The monoisotopic (exact) mass is 701 g/mol. The Balaban J connectivity index is 3.04. The minimum atomic E-state index is 1.12. The lowest BCUT2D eigenvalue weighted by Gasteiger charge is -2.05. The molecular weight excluding hydrogens is 601 g/mol. The van der Waals surface area contributed by atoms with Gasteiger partial charge in [-0.3, -0.25) is 0 Å². The first-order chi connectivity index (χ1) is 24.9. The Labute approximate surface area is 321 Å². The van der Waals surface area contributed by atoms with Crippen molar-refractivity contribution in [1.29, 1.82) is 0 Å². The highest BCUT2D eigenvalue weighted by Crippen LogP contribution is 2.18. The van der Waals surface area contributed by atoms with E-state index in [9.17, 15) is 0 Å². The molecule has 0 bridgehead atoms. The number of hydrogen-bond donors (Lipinski definition) is 0. The third kappa shape index (κ3) is 48.0. The van der Waals surface area contributed by atoms with Gasteiger partial charge in [0.1, 0.15) is 0 Å². The standard InChI is InChI=1S/C50H100/c1-3-5-7-9-11-13-15-17-19-21-23-25-27-29-31-33-35-37-39-41-43-45-47-49-50-48-46-44-42-40-38-36-34-32-30-28-26-24-22-20-18-16-14-12-10-8-6-4-2/h1-50H2. The minimum Gasteiger partial charge on any atom is -0.0533 e. The van der Waals surface area contributed by atoms with Gasteiger partial charge in [0, 0.05) is 0 Å². The molecular formula is C50H100. The van der Waals surface area contributed by atoms with Crippen LogP contribution in [-0.4, -0.2) is 0 Å². The summed E-state index contributed by atoms with van der Waals surface area (Å²) in [5, 5.41) is 0. The Morgan fingerprint density at radius 1 is 0.100 bits per heavy atom. The molecule has 300 valence electrons. The van der Waals surface area contributed by atoms with Gasteiger partial charge < -0.3 is 0 Å². The van der Waals surface area contributed by atoms with Crippen molar-refractivity contribution in [2.24, 2.45) is 0 Å². The lowest BCUT2D eigenvalue weighted by atomic mass is 10.0. The SMILES string of the molecule is [CH2]CCCCCCCCCCCCCCCCCCCCCCCCCCCCCCCCCCCCCCCCCCCCCCCC[CH2]. The number of hydrogen-bond acceptors (Lipinski definition) is 0. The molecule has 0 spiro atoms. The van der Waals surface area contributed by atoms with E-state index in [-0.39, 0.29) is 0 Å². The molecule has 0 aromatic heterocycles. The molecule has 0 saturated heterocycles. The summed E-state index contributed by atoms with van der Waals surface area (Å²) in [4.78, 5) is 0. The molecule has 0 rings (SSSR count). The van der Waals surface area contributed by atoms with E-state index in [1.54, 1.807) is 0 Å². The molecule has 0 aromatic carbocycles. The second-order valence-corrected chi connectivity index (χ2v) is 17.0. The molecule has 0 unspecified atom stereocenters. The smallest absolute Gasteiger partial charge is 0.0533 e. The van der Waals surface area contributed by atoms with Crippen LogP contribution in [0.4, 0.5) is 0 Å². The van der Waals surface area contributed by atoms with Gasteiger partial charge >= 0.3 is 0 Å². The third-order valence-corrected chi connectivity index (χ3v) is 11.7. The van der Waals surface area contributed by atoms with E-state index >= 15 is 0 Å². The first-order valence-corrected chi connectivity index (χ1v) is 24.5. The van der Waals surface area contributed by atoms with Gasteiger partial charge in [0.2, 0.25) is 0 Å². The van der Waals surface area contributed by atoms with Gasteiger partial charge in [-0.05, 0) is 0 Å². The molecule has 0 heteroatoms. The topological polar surface area (TPSA) is 0 Å². The van der Waals surface area contributed by atoms with Gasteiger partial charge in [0.25, 0.3) is 0 Å². The largest absolute Gasteiger partial charge is 0.0533 e. The third-order valence-electron chi connectivity index (χ3n) is 11.7. The molecule has 0 aliphatic rings. The Morgan fingerprint density at radius 3 is 0.220 bits per heavy atom. The van der Waals surface area contributed by atoms with E-state index in [0.29, 0.717) is 0 Å². The fourth-order valence-electron chi connectivity index (χ4n) is 8.13. The molecule has 0 atom stereocenters. The van der Waals surface area contributed by atoms with Crippen LogP contribution in [0.5, 0.6) is 0 Å². The van der Waals surface area contributed by atoms with E-state index in [1.165, 1.54) is 295 Å². The van der Waals surface area contributed by atoms with Crippen LogP contribution >= 0.6 is 0 Å². The first kappa shape index (κ1) is 50.0. The normalized spacial score (nSPS) is 11.6. The van der Waals surface area contributed by atoms with Gasteiger partial charge in [-0.25, -0.2) is 0 Å². The second-order valence-electron chi connectivity index (χ2n) is 17.0. The summed E-state index contributed by atoms with van der Waals surface area (Å²) in [6, 6.07) is 0. The lowest BCUT2D eigenvalue weighted by Crippen LogP contribution is -1.85. The van der Waals surface area contributed by atoms with Crippen LogP contribution in [0.2, 0.25) is 0 Å². The van der Waals surface area contributed by atoms with Crippen LogP contribution in [0.25, 0.3) is 0 Å². The summed E-state index contributed by atoms with van der Waals surface area (Å²) in [7, 11) is 0. The molecule has 0 heterocycles. The van der Waals surface area contributed by atoms with Crippen molar-refractivity contribution in [3.8, 4) is 0 Å². The highest BCUT2D eigenvalue weighted by atomic mass is 14.0. The predicted molar refractivity (Wildman–Crippen MR) is 232 cm³/mol. The Bertz CT molecular complexity index is 488. The van der Waals surface area contributed by atoms with E-state index in [1.807, 2.05) is 0 Å². The summed E-state index contributed by atoms with van der Waals surface area (Å²) < 4.78 is 0. The zero-order valence-corrected chi connectivity index (χ0v) is 35.4. The van der Waals surface area contributed by atoms with Crippen molar-refractivity contribution in [3.05, 3.63) is 13.8 Å². The minimum absolute atomic E-state index is 1.12. The van der Waals surface area contributed by atoms with Crippen molar-refractivity contribution in [3.63, 3.8) is 0 Å². The summed E-state index contributed by atoms with van der Waals surface area (Å²) >= 11 is 0. The maximum absolute atomic E-state index is 3.94. The van der Waals surface area contributed by atoms with Crippen molar-refractivity contribution >= 4 is 0 Å². The van der Waals surface area contributed by atoms with Crippen LogP contribution in [-0.2, 0) is 0 Å². The van der Waals surface area contributed by atoms with E-state index in [4.69, 9.17) is 0 Å². The molecule has 0 saturated carbocycles. The van der Waals surface area contributed by atoms with Crippen molar-refractivity contribution in [1.82, 2.24) is 0 Å². The molecule has 0 fully saturated rings. The summed E-state index contributed by atoms with van der Waals surface area (Å²) in [5.74, 6) is 0. The fourth-order valence-corrected chi connectivity index (χ4v) is 8.13. The summed E-state index contributed by atoms with van der Waals surface area (Å²) in [5.41, 5.74) is 0. The highest BCUT2D eigenvalue weighted by Gasteiger charge is 1.98. The van der Waals surface area contributed by atoms with Gasteiger partial charge in [-0.15, -0.1) is 0 Å².